The van der Waals surface area contributed by atoms with Gasteiger partial charge in [0.2, 0.25) is 0 Å². The summed E-state index contributed by atoms with van der Waals surface area (Å²) in [4.78, 5) is 0. The van der Waals surface area contributed by atoms with Crippen molar-refractivity contribution >= 4 is 23.0 Å². The van der Waals surface area contributed by atoms with Gasteiger partial charge in [-0.1, -0.05) is 28.1 Å². The molecule has 3 nitrogen and oxygen atoms in total. The average Bonchev–Trinajstić information content (AvgIpc) is 2.03. The quantitative estimate of drug-likeness (QED) is 0.675. The third-order valence-corrected chi connectivity index (χ3v) is 2.44. The average molecular weight is 245 g/mol. The second-order valence-electron chi connectivity index (χ2n) is 2.88. The van der Waals surface area contributed by atoms with Gasteiger partial charge in [-0.3, -0.25) is 0 Å². The van der Waals surface area contributed by atoms with E-state index in [0.717, 1.165) is 5.56 Å². The lowest BCUT2D eigenvalue weighted by Crippen LogP contribution is -2.23. The molecule has 0 unspecified atom stereocenters. The maximum atomic E-state index is 9.34. The molecular formula is C8H10BBrO3. The highest BCUT2D eigenvalue weighted by Gasteiger charge is 2.24. The van der Waals surface area contributed by atoms with Crippen molar-refractivity contribution in [2.24, 2.45) is 0 Å². The first-order valence-corrected chi connectivity index (χ1v) is 4.62. The highest BCUT2D eigenvalue weighted by Crippen LogP contribution is 2.24. The molecule has 1 rings (SSSR count). The first-order chi connectivity index (χ1) is 6.02. The lowest BCUT2D eigenvalue weighted by atomic mass is 9.78. The Bertz CT molecular complexity index is 303. The van der Waals surface area contributed by atoms with Gasteiger partial charge in [-0.2, -0.15) is 0 Å². The Morgan fingerprint density at radius 3 is 2.46 bits per heavy atom. The lowest BCUT2D eigenvalue weighted by Gasteiger charge is -2.11. The van der Waals surface area contributed by atoms with Crippen LogP contribution in [0.1, 0.15) is 17.1 Å². The van der Waals surface area contributed by atoms with E-state index in [1.165, 1.54) is 0 Å². The number of aryl methyl sites for hydroxylation is 1. The van der Waals surface area contributed by atoms with E-state index in [2.05, 4.69) is 15.9 Å². The van der Waals surface area contributed by atoms with Crippen molar-refractivity contribution in [1.82, 2.24) is 0 Å². The molecule has 5 heteroatoms. The van der Waals surface area contributed by atoms with Crippen LogP contribution in [0.25, 0.3) is 0 Å². The van der Waals surface area contributed by atoms with E-state index in [1.807, 2.05) is 6.92 Å². The Hall–Kier alpha value is -0.355. The van der Waals surface area contributed by atoms with E-state index in [-0.39, 0.29) is 0 Å². The smallest absolute Gasteiger partial charge is 0.425 e. The molecule has 0 radical (unpaired) electrons. The van der Waals surface area contributed by atoms with Gasteiger partial charge in [0.1, 0.15) is 6.00 Å². The predicted molar refractivity (Wildman–Crippen MR) is 54.0 cm³/mol. The normalized spacial score (nSPS) is 12.7. The topological polar surface area (TPSA) is 60.7 Å². The molecule has 1 aromatic carbocycles. The van der Waals surface area contributed by atoms with Crippen LogP contribution in [0.4, 0.5) is 0 Å². The summed E-state index contributed by atoms with van der Waals surface area (Å²) in [6, 6.07) is 3.99. The largest absolute Gasteiger partial charge is 0.487 e. The molecule has 13 heavy (non-hydrogen) atoms. The van der Waals surface area contributed by atoms with Gasteiger partial charge in [-0.25, -0.2) is 0 Å². The van der Waals surface area contributed by atoms with Crippen LogP contribution in [-0.2, 0) is 0 Å². The van der Waals surface area contributed by atoms with Crippen molar-refractivity contribution in [2.45, 2.75) is 12.9 Å². The zero-order chi connectivity index (χ0) is 10.0. The van der Waals surface area contributed by atoms with Gasteiger partial charge in [0, 0.05) is 4.47 Å². The molecule has 0 aliphatic carbocycles. The van der Waals surface area contributed by atoms with Gasteiger partial charge in [0.15, 0.2) is 0 Å². The molecule has 0 aliphatic heterocycles. The van der Waals surface area contributed by atoms with Gasteiger partial charge in [-0.05, 0) is 24.1 Å². The molecule has 0 spiro atoms. The maximum Gasteiger partial charge on any atom is 0.487 e. The van der Waals surface area contributed by atoms with Crippen LogP contribution in [0.3, 0.4) is 0 Å². The van der Waals surface area contributed by atoms with E-state index in [0.29, 0.717) is 10.0 Å². The molecule has 1 aromatic rings. The second kappa shape index (κ2) is 4.24. The molecule has 0 amide bonds. The molecule has 70 valence electrons. The van der Waals surface area contributed by atoms with Crippen molar-refractivity contribution in [3.8, 4) is 0 Å². The molecule has 0 aliphatic rings. The van der Waals surface area contributed by atoms with Crippen LogP contribution in [0.2, 0.25) is 0 Å². The number of hydrogen-bond donors (Lipinski definition) is 3. The van der Waals surface area contributed by atoms with Gasteiger partial charge in [-0.15, -0.1) is 0 Å². The number of rotatable bonds is 2. The summed E-state index contributed by atoms with van der Waals surface area (Å²) in [7, 11) is -1.75. The zero-order valence-corrected chi connectivity index (χ0v) is 8.69. The highest BCUT2D eigenvalue weighted by atomic mass is 79.9. The van der Waals surface area contributed by atoms with E-state index in [1.54, 1.807) is 18.2 Å². The zero-order valence-electron chi connectivity index (χ0n) is 7.11. The van der Waals surface area contributed by atoms with Gasteiger partial charge in [0.25, 0.3) is 0 Å². The standard InChI is InChI=1S/C8H10BBrO3/c1-5-2-3-6(7(10)4-5)8(11)9(12)13/h2-4,8,11-13H,1H3/t8-/m1/s1. The van der Waals surface area contributed by atoms with Gasteiger partial charge < -0.3 is 15.2 Å². The Morgan fingerprint density at radius 2 is 2.00 bits per heavy atom. The maximum absolute atomic E-state index is 9.34. The minimum Gasteiger partial charge on any atom is -0.425 e. The van der Waals surface area contributed by atoms with Crippen LogP contribution in [0, 0.1) is 6.92 Å². The molecule has 0 aromatic heterocycles. The number of hydrogen-bond acceptors (Lipinski definition) is 3. The van der Waals surface area contributed by atoms with Crippen LogP contribution < -0.4 is 0 Å². The van der Waals surface area contributed by atoms with E-state index in [4.69, 9.17) is 10.0 Å². The molecule has 0 bridgehead atoms. The number of benzene rings is 1. The Labute approximate surface area is 85.3 Å². The Kier molecular flexibility index (Phi) is 3.50. The van der Waals surface area contributed by atoms with Crippen LogP contribution >= 0.6 is 15.9 Å². The fourth-order valence-electron chi connectivity index (χ4n) is 1.03. The summed E-state index contributed by atoms with van der Waals surface area (Å²) in [5.74, 6) is 0. The molecule has 0 fully saturated rings. The molecule has 0 saturated carbocycles. The van der Waals surface area contributed by atoms with Crippen LogP contribution in [0.5, 0.6) is 0 Å². The van der Waals surface area contributed by atoms with E-state index < -0.39 is 13.1 Å². The predicted octanol–water partition coefficient (Wildman–Crippen LogP) is 0.803. The first kappa shape index (κ1) is 10.7. The fourth-order valence-corrected chi connectivity index (χ4v) is 1.76. The van der Waals surface area contributed by atoms with Crippen molar-refractivity contribution < 1.29 is 15.2 Å². The molecular weight excluding hydrogens is 235 g/mol. The van der Waals surface area contributed by atoms with Gasteiger partial charge in [0.05, 0.1) is 0 Å². The SMILES string of the molecule is Cc1ccc([C@@H](O)B(O)O)c(Br)c1. The molecule has 3 N–H and O–H groups in total. The highest BCUT2D eigenvalue weighted by molar-refractivity contribution is 9.10. The van der Waals surface area contributed by atoms with E-state index in [9.17, 15) is 5.11 Å². The van der Waals surface area contributed by atoms with Gasteiger partial charge >= 0.3 is 7.12 Å². The summed E-state index contributed by atoms with van der Waals surface area (Å²) >= 11 is 3.23. The minimum absolute atomic E-state index is 0.473. The summed E-state index contributed by atoms with van der Waals surface area (Å²) in [5.41, 5.74) is 1.51. The summed E-state index contributed by atoms with van der Waals surface area (Å²) < 4.78 is 0.674. The van der Waals surface area contributed by atoms with E-state index >= 15 is 0 Å². The summed E-state index contributed by atoms with van der Waals surface area (Å²) in [6.45, 7) is 1.91. The third kappa shape index (κ3) is 2.54. The Balaban J connectivity index is 3.01. The number of aliphatic hydroxyl groups excluding tert-OH is 1. The summed E-state index contributed by atoms with van der Waals surface area (Å²) in [5, 5.41) is 26.8. The first-order valence-electron chi connectivity index (χ1n) is 3.82. The molecule has 0 heterocycles. The van der Waals surface area contributed by atoms with Crippen molar-refractivity contribution in [3.63, 3.8) is 0 Å². The molecule has 1 atom stereocenters. The number of halogens is 1. The number of aliphatic hydroxyl groups is 1. The summed E-state index contributed by atoms with van der Waals surface area (Å²) in [6.07, 6.45) is 0. The van der Waals surface area contributed by atoms with Crippen LogP contribution in [-0.4, -0.2) is 22.3 Å². The fraction of sp³-hybridized carbons (Fsp3) is 0.250. The lowest BCUT2D eigenvalue weighted by molar-refractivity contribution is 0.200. The van der Waals surface area contributed by atoms with Crippen molar-refractivity contribution in [1.29, 1.82) is 0 Å². The third-order valence-electron chi connectivity index (χ3n) is 1.76. The monoisotopic (exact) mass is 244 g/mol. The van der Waals surface area contributed by atoms with Crippen LogP contribution in [0.15, 0.2) is 22.7 Å². The minimum atomic E-state index is -1.75. The second-order valence-corrected chi connectivity index (χ2v) is 3.74. The van der Waals surface area contributed by atoms with Crippen molar-refractivity contribution in [3.05, 3.63) is 33.8 Å². The molecule has 0 saturated heterocycles. The van der Waals surface area contributed by atoms with Crippen molar-refractivity contribution in [2.75, 3.05) is 0 Å². The Morgan fingerprint density at radius 1 is 1.38 bits per heavy atom.